The highest BCUT2D eigenvalue weighted by Crippen LogP contribution is 2.51. The molecule has 6 rings (SSSR count). The van der Waals surface area contributed by atoms with Gasteiger partial charge in [0.05, 0.1) is 5.70 Å². The number of halogens is 2. The molecule has 148 valence electrons. The molecular formula is C22H14ClFN4OS. The van der Waals surface area contributed by atoms with Crippen LogP contribution in [0.3, 0.4) is 0 Å². The van der Waals surface area contributed by atoms with E-state index in [1.165, 1.54) is 18.5 Å². The Morgan fingerprint density at radius 1 is 1.13 bits per heavy atom. The standard InChI is InChI=1S/C22H14ClFN4OS/c23-13-5-8-16-15(10-13)19-18(21(29-16)17-2-1-9-30-17)20(12-3-6-14(24)7-4-12)28-22(27-19)25-11-26-28/h1-11,20-21H,(H,25,26,27). The Morgan fingerprint density at radius 3 is 2.80 bits per heavy atom. The van der Waals surface area contributed by atoms with Crippen molar-refractivity contribution >= 4 is 34.6 Å². The number of ether oxygens (including phenoxy) is 1. The van der Waals surface area contributed by atoms with Crippen molar-refractivity contribution < 1.29 is 9.13 Å². The molecule has 0 fully saturated rings. The van der Waals surface area contributed by atoms with E-state index in [0.717, 1.165) is 33.0 Å². The van der Waals surface area contributed by atoms with Crippen LogP contribution in [0.1, 0.15) is 28.1 Å². The molecule has 2 aromatic heterocycles. The molecule has 8 heteroatoms. The van der Waals surface area contributed by atoms with E-state index in [1.54, 1.807) is 23.5 Å². The summed E-state index contributed by atoms with van der Waals surface area (Å²) in [5.41, 5.74) is 3.64. The molecule has 2 atom stereocenters. The zero-order valence-electron chi connectivity index (χ0n) is 15.4. The van der Waals surface area contributed by atoms with E-state index in [9.17, 15) is 4.39 Å². The Balaban J connectivity index is 1.64. The van der Waals surface area contributed by atoms with Crippen LogP contribution >= 0.6 is 22.9 Å². The summed E-state index contributed by atoms with van der Waals surface area (Å²) in [6.45, 7) is 0. The largest absolute Gasteiger partial charge is 0.480 e. The van der Waals surface area contributed by atoms with Crippen LogP contribution in [0.2, 0.25) is 5.02 Å². The van der Waals surface area contributed by atoms with Crippen molar-refractivity contribution in [3.8, 4) is 5.75 Å². The maximum Gasteiger partial charge on any atom is 0.226 e. The summed E-state index contributed by atoms with van der Waals surface area (Å²) in [6, 6.07) is 15.8. The monoisotopic (exact) mass is 436 g/mol. The highest BCUT2D eigenvalue weighted by Gasteiger charge is 2.41. The third kappa shape index (κ3) is 2.66. The first-order valence-corrected chi connectivity index (χ1v) is 10.6. The molecule has 1 N–H and O–H groups in total. The first-order valence-electron chi connectivity index (χ1n) is 9.35. The van der Waals surface area contributed by atoms with Crippen molar-refractivity contribution in [1.29, 1.82) is 0 Å². The molecule has 2 aliphatic heterocycles. The number of hydrogen-bond acceptors (Lipinski definition) is 5. The van der Waals surface area contributed by atoms with Crippen LogP contribution < -0.4 is 10.1 Å². The molecule has 0 amide bonds. The highest BCUT2D eigenvalue weighted by atomic mass is 35.5. The summed E-state index contributed by atoms with van der Waals surface area (Å²) in [5, 5.41) is 10.5. The molecule has 0 saturated carbocycles. The van der Waals surface area contributed by atoms with Gasteiger partial charge in [-0.2, -0.15) is 10.1 Å². The molecule has 0 saturated heterocycles. The van der Waals surface area contributed by atoms with Gasteiger partial charge in [-0.15, -0.1) is 11.3 Å². The SMILES string of the molecule is Fc1ccc(C2C3=C(Nc4ncnn42)c2cc(Cl)ccc2OC3c2cccs2)cc1. The number of fused-ring (bicyclic) bond motifs is 3. The lowest BCUT2D eigenvalue weighted by atomic mass is 9.86. The smallest absolute Gasteiger partial charge is 0.226 e. The topological polar surface area (TPSA) is 52.0 Å². The molecular weight excluding hydrogens is 423 g/mol. The van der Waals surface area contributed by atoms with Crippen molar-refractivity contribution in [3.63, 3.8) is 0 Å². The van der Waals surface area contributed by atoms with Crippen LogP contribution in [0.15, 0.2) is 71.9 Å². The summed E-state index contributed by atoms with van der Waals surface area (Å²) in [4.78, 5) is 5.46. The Kier molecular flexibility index (Phi) is 3.94. The van der Waals surface area contributed by atoms with Crippen molar-refractivity contribution in [1.82, 2.24) is 14.8 Å². The predicted molar refractivity (Wildman–Crippen MR) is 114 cm³/mol. The van der Waals surface area contributed by atoms with E-state index < -0.39 is 0 Å². The van der Waals surface area contributed by atoms with Gasteiger partial charge >= 0.3 is 0 Å². The maximum atomic E-state index is 13.7. The van der Waals surface area contributed by atoms with Crippen LogP contribution in [0, 0.1) is 5.82 Å². The van der Waals surface area contributed by atoms with Crippen LogP contribution in [0.4, 0.5) is 10.3 Å². The second-order valence-electron chi connectivity index (χ2n) is 7.09. The van der Waals surface area contributed by atoms with Crippen molar-refractivity contribution in [3.05, 3.63) is 98.7 Å². The Morgan fingerprint density at radius 2 is 2.00 bits per heavy atom. The molecule has 5 nitrogen and oxygen atoms in total. The van der Waals surface area contributed by atoms with E-state index in [2.05, 4.69) is 21.5 Å². The van der Waals surface area contributed by atoms with Crippen molar-refractivity contribution in [2.24, 2.45) is 0 Å². The van der Waals surface area contributed by atoms with Crippen LogP contribution in [-0.4, -0.2) is 14.8 Å². The van der Waals surface area contributed by atoms with E-state index in [0.29, 0.717) is 11.0 Å². The normalized spacial score (nSPS) is 19.4. The van der Waals surface area contributed by atoms with E-state index in [4.69, 9.17) is 16.3 Å². The molecule has 0 aliphatic carbocycles. The number of benzene rings is 2. The minimum Gasteiger partial charge on any atom is -0.480 e. The number of thiophene rings is 1. The average molecular weight is 437 g/mol. The van der Waals surface area contributed by atoms with Gasteiger partial charge in [0.25, 0.3) is 0 Å². The van der Waals surface area contributed by atoms with Gasteiger partial charge < -0.3 is 10.1 Å². The van der Waals surface area contributed by atoms with Crippen molar-refractivity contribution in [2.75, 3.05) is 5.32 Å². The maximum absolute atomic E-state index is 13.7. The third-order valence-electron chi connectivity index (χ3n) is 5.36. The molecule has 30 heavy (non-hydrogen) atoms. The summed E-state index contributed by atoms with van der Waals surface area (Å²) in [5.74, 6) is 1.07. The molecule has 2 unspecified atom stereocenters. The number of aromatic nitrogens is 3. The third-order valence-corrected chi connectivity index (χ3v) is 6.51. The van der Waals surface area contributed by atoms with Gasteiger partial charge in [-0.05, 0) is 47.3 Å². The first kappa shape index (κ1) is 17.7. The zero-order chi connectivity index (χ0) is 20.2. The molecule has 4 aromatic rings. The fraction of sp³-hybridized carbons (Fsp3) is 0.0909. The lowest BCUT2D eigenvalue weighted by molar-refractivity contribution is 0.226. The number of rotatable bonds is 2. The van der Waals surface area contributed by atoms with Gasteiger partial charge in [-0.25, -0.2) is 9.07 Å². The number of hydrogen-bond donors (Lipinski definition) is 1. The molecule has 2 aromatic carbocycles. The van der Waals surface area contributed by atoms with E-state index >= 15 is 0 Å². The first-order chi connectivity index (χ1) is 14.7. The molecule has 4 heterocycles. The summed E-state index contributed by atoms with van der Waals surface area (Å²) in [7, 11) is 0. The molecule has 0 bridgehead atoms. The number of nitrogens with zero attached hydrogens (tertiary/aromatic N) is 3. The Bertz CT molecular complexity index is 1280. The Hall–Kier alpha value is -3.16. The van der Waals surface area contributed by atoms with E-state index in [-0.39, 0.29) is 18.0 Å². The van der Waals surface area contributed by atoms with Gasteiger partial charge in [0.2, 0.25) is 5.95 Å². The quantitative estimate of drug-likeness (QED) is 0.438. The van der Waals surface area contributed by atoms with Gasteiger partial charge in [-0.3, -0.25) is 0 Å². The van der Waals surface area contributed by atoms with Crippen LogP contribution in [-0.2, 0) is 0 Å². The highest BCUT2D eigenvalue weighted by molar-refractivity contribution is 7.10. The minimum absolute atomic E-state index is 0.285. The van der Waals surface area contributed by atoms with Crippen molar-refractivity contribution in [2.45, 2.75) is 12.1 Å². The van der Waals surface area contributed by atoms with Crippen LogP contribution in [0.25, 0.3) is 5.70 Å². The molecule has 2 aliphatic rings. The van der Waals surface area contributed by atoms with E-state index in [1.807, 2.05) is 34.3 Å². The van der Waals surface area contributed by atoms with Gasteiger partial charge in [0.15, 0.2) is 6.10 Å². The lowest BCUT2D eigenvalue weighted by Gasteiger charge is -2.38. The second kappa shape index (κ2) is 6.68. The van der Waals surface area contributed by atoms with Gasteiger partial charge in [-0.1, -0.05) is 29.8 Å². The average Bonchev–Trinajstić information content (AvgIpc) is 3.44. The second-order valence-corrected chi connectivity index (χ2v) is 8.51. The fourth-order valence-electron chi connectivity index (χ4n) is 4.09. The zero-order valence-corrected chi connectivity index (χ0v) is 17.0. The van der Waals surface area contributed by atoms with Gasteiger partial charge in [0, 0.05) is 21.0 Å². The number of nitrogens with one attached hydrogen (secondary N) is 1. The lowest BCUT2D eigenvalue weighted by Crippen LogP contribution is -2.32. The summed E-state index contributed by atoms with van der Waals surface area (Å²) >= 11 is 7.94. The molecule has 0 radical (unpaired) electrons. The molecule has 0 spiro atoms. The van der Waals surface area contributed by atoms with Crippen LogP contribution in [0.5, 0.6) is 5.75 Å². The number of anilines is 1. The predicted octanol–water partition coefficient (Wildman–Crippen LogP) is 5.69. The summed E-state index contributed by atoms with van der Waals surface area (Å²) < 4.78 is 22.0. The fourth-order valence-corrected chi connectivity index (χ4v) is 5.03. The minimum atomic E-state index is -0.325. The van der Waals surface area contributed by atoms with Gasteiger partial charge in [0.1, 0.15) is 23.9 Å². The summed E-state index contributed by atoms with van der Waals surface area (Å²) in [6.07, 6.45) is 1.19. The Labute approximate surface area is 180 Å².